The molecule has 24 heavy (non-hydrogen) atoms. The molecule has 0 bridgehead atoms. The maximum absolute atomic E-state index is 12.3. The topological polar surface area (TPSA) is 46.5 Å². The summed E-state index contributed by atoms with van der Waals surface area (Å²) in [5.41, 5.74) is 1.58. The highest BCUT2D eigenvalue weighted by Gasteiger charge is 2.55. The first-order valence-corrected chi connectivity index (χ1v) is 9.39. The van der Waals surface area contributed by atoms with E-state index in [0.717, 1.165) is 31.3 Å². The number of allylic oxidation sites excluding steroid dienone is 3. The Balaban J connectivity index is 2.25. The van der Waals surface area contributed by atoms with Gasteiger partial charge in [-0.05, 0) is 51.9 Å². The lowest BCUT2D eigenvalue weighted by Crippen LogP contribution is -2.57. The van der Waals surface area contributed by atoms with Gasteiger partial charge in [-0.15, -0.1) is 0 Å². The highest BCUT2D eigenvalue weighted by atomic mass is 16.5. The third-order valence-corrected chi connectivity index (χ3v) is 6.36. The molecule has 0 aromatic heterocycles. The molecule has 2 aliphatic carbocycles. The molecule has 0 heterocycles. The van der Waals surface area contributed by atoms with E-state index < -0.39 is 5.60 Å². The van der Waals surface area contributed by atoms with Gasteiger partial charge in [0.05, 0.1) is 5.60 Å². The second-order valence-corrected chi connectivity index (χ2v) is 8.57. The minimum atomic E-state index is -0.693. The lowest BCUT2D eigenvalue weighted by molar-refractivity contribution is -0.181. The molecule has 2 rings (SSSR count). The molecule has 0 amide bonds. The average Bonchev–Trinajstić information content (AvgIpc) is 2.50. The highest BCUT2D eigenvalue weighted by Crippen LogP contribution is 2.55. The molecule has 2 aliphatic rings. The SMILES string of the molecule is CCC(C)=CC(=O)OC1CCC(C)(O)C2CC(C(C)C)=CCC12C. The summed E-state index contributed by atoms with van der Waals surface area (Å²) < 4.78 is 5.87. The van der Waals surface area contributed by atoms with E-state index in [0.29, 0.717) is 12.3 Å². The minimum Gasteiger partial charge on any atom is -0.459 e. The van der Waals surface area contributed by atoms with Gasteiger partial charge in [-0.1, -0.05) is 44.9 Å². The van der Waals surface area contributed by atoms with Gasteiger partial charge in [-0.2, -0.15) is 0 Å². The van der Waals surface area contributed by atoms with E-state index >= 15 is 0 Å². The van der Waals surface area contributed by atoms with Crippen molar-refractivity contribution in [3.05, 3.63) is 23.3 Å². The summed E-state index contributed by atoms with van der Waals surface area (Å²) in [6, 6.07) is 0. The van der Waals surface area contributed by atoms with E-state index in [9.17, 15) is 9.90 Å². The van der Waals surface area contributed by atoms with E-state index in [1.54, 1.807) is 6.08 Å². The maximum atomic E-state index is 12.3. The van der Waals surface area contributed by atoms with Crippen LogP contribution in [0.2, 0.25) is 0 Å². The summed E-state index contributed by atoms with van der Waals surface area (Å²) in [4.78, 5) is 12.3. The van der Waals surface area contributed by atoms with Gasteiger partial charge in [-0.3, -0.25) is 0 Å². The third-order valence-electron chi connectivity index (χ3n) is 6.36. The molecule has 136 valence electrons. The molecular weight excluding hydrogens is 300 g/mol. The first kappa shape index (κ1) is 19.2. The van der Waals surface area contributed by atoms with Crippen LogP contribution in [0.1, 0.15) is 73.6 Å². The number of aliphatic hydroxyl groups is 1. The fourth-order valence-electron chi connectivity index (χ4n) is 4.40. The number of carbonyl (C=O) groups is 1. The molecule has 0 radical (unpaired) electrons. The van der Waals surface area contributed by atoms with Crippen molar-refractivity contribution in [2.75, 3.05) is 0 Å². The van der Waals surface area contributed by atoms with E-state index in [1.165, 1.54) is 5.57 Å². The summed E-state index contributed by atoms with van der Waals surface area (Å²) in [6.45, 7) is 12.6. The van der Waals surface area contributed by atoms with Crippen molar-refractivity contribution in [2.24, 2.45) is 17.3 Å². The summed E-state index contributed by atoms with van der Waals surface area (Å²) in [6.07, 6.45) is 7.85. The minimum absolute atomic E-state index is 0.124. The molecule has 4 atom stereocenters. The van der Waals surface area contributed by atoms with Crippen LogP contribution in [0.4, 0.5) is 0 Å². The van der Waals surface area contributed by atoms with Gasteiger partial charge in [0, 0.05) is 17.4 Å². The quantitative estimate of drug-likeness (QED) is 0.456. The molecule has 1 N–H and O–H groups in total. The number of hydrogen-bond donors (Lipinski definition) is 1. The van der Waals surface area contributed by atoms with Crippen molar-refractivity contribution in [3.63, 3.8) is 0 Å². The highest BCUT2D eigenvalue weighted by molar-refractivity contribution is 5.82. The number of hydrogen-bond acceptors (Lipinski definition) is 3. The van der Waals surface area contributed by atoms with Crippen LogP contribution >= 0.6 is 0 Å². The molecule has 1 saturated carbocycles. The van der Waals surface area contributed by atoms with Crippen LogP contribution in [-0.2, 0) is 9.53 Å². The normalized spacial score (nSPS) is 37.0. The summed E-state index contributed by atoms with van der Waals surface area (Å²) >= 11 is 0. The Morgan fingerprint density at radius 2 is 2.12 bits per heavy atom. The van der Waals surface area contributed by atoms with Crippen molar-refractivity contribution < 1.29 is 14.6 Å². The summed E-state index contributed by atoms with van der Waals surface area (Å²) in [7, 11) is 0. The molecule has 4 unspecified atom stereocenters. The molecule has 0 spiro atoms. The van der Waals surface area contributed by atoms with Gasteiger partial charge < -0.3 is 9.84 Å². The summed E-state index contributed by atoms with van der Waals surface area (Å²) in [5, 5.41) is 11.0. The van der Waals surface area contributed by atoms with Gasteiger partial charge in [0.15, 0.2) is 0 Å². The van der Waals surface area contributed by atoms with Crippen LogP contribution in [0.3, 0.4) is 0 Å². The number of rotatable bonds is 4. The molecule has 0 saturated heterocycles. The first-order valence-electron chi connectivity index (χ1n) is 9.39. The molecule has 3 nitrogen and oxygen atoms in total. The molecule has 0 aromatic rings. The largest absolute Gasteiger partial charge is 0.459 e. The van der Waals surface area contributed by atoms with Crippen LogP contribution in [0.5, 0.6) is 0 Å². The Hall–Kier alpha value is -1.09. The number of fused-ring (bicyclic) bond motifs is 1. The maximum Gasteiger partial charge on any atom is 0.330 e. The molecule has 1 fully saturated rings. The first-order chi connectivity index (χ1) is 11.1. The Bertz CT molecular complexity index is 541. The Labute approximate surface area is 147 Å². The van der Waals surface area contributed by atoms with Crippen molar-refractivity contribution in [3.8, 4) is 0 Å². The van der Waals surface area contributed by atoms with Crippen LogP contribution in [-0.4, -0.2) is 22.8 Å². The van der Waals surface area contributed by atoms with Crippen LogP contribution in [0.15, 0.2) is 23.3 Å². The van der Waals surface area contributed by atoms with Crippen molar-refractivity contribution in [1.29, 1.82) is 0 Å². The monoisotopic (exact) mass is 334 g/mol. The standard InChI is InChI=1S/C21H34O3/c1-7-15(4)12-19(22)24-18-9-11-21(6,23)17-13-16(14(2)3)8-10-20(17,18)5/h8,12,14,17-18,23H,7,9-11,13H2,1-6H3. The molecular formula is C21H34O3. The Morgan fingerprint density at radius 1 is 1.46 bits per heavy atom. The summed E-state index contributed by atoms with van der Waals surface area (Å²) in [5.74, 6) is 0.401. The molecule has 3 heteroatoms. The molecule has 0 aromatic carbocycles. The van der Waals surface area contributed by atoms with Crippen LogP contribution in [0, 0.1) is 17.3 Å². The number of carbonyl (C=O) groups excluding carboxylic acids is 1. The van der Waals surface area contributed by atoms with Gasteiger partial charge in [0.25, 0.3) is 0 Å². The second kappa shape index (κ2) is 7.03. The lowest BCUT2D eigenvalue weighted by atomic mass is 9.54. The van der Waals surface area contributed by atoms with Gasteiger partial charge in [0.2, 0.25) is 0 Å². The lowest BCUT2D eigenvalue weighted by Gasteiger charge is -2.55. The smallest absolute Gasteiger partial charge is 0.330 e. The van der Waals surface area contributed by atoms with Gasteiger partial charge in [0.1, 0.15) is 6.10 Å². The fourth-order valence-corrected chi connectivity index (χ4v) is 4.40. The average molecular weight is 335 g/mol. The van der Waals surface area contributed by atoms with E-state index in [1.807, 2.05) is 20.8 Å². The van der Waals surface area contributed by atoms with Gasteiger partial charge >= 0.3 is 5.97 Å². The Morgan fingerprint density at radius 3 is 2.71 bits per heavy atom. The van der Waals surface area contributed by atoms with E-state index in [4.69, 9.17) is 4.74 Å². The zero-order valence-electron chi connectivity index (χ0n) is 16.2. The second-order valence-electron chi connectivity index (χ2n) is 8.57. The third kappa shape index (κ3) is 3.77. The van der Waals surface area contributed by atoms with Crippen molar-refractivity contribution in [2.45, 2.75) is 85.4 Å². The van der Waals surface area contributed by atoms with Crippen molar-refractivity contribution >= 4 is 5.97 Å². The molecule has 0 aliphatic heterocycles. The predicted molar refractivity (Wildman–Crippen MR) is 97.5 cm³/mol. The van der Waals surface area contributed by atoms with Crippen molar-refractivity contribution in [1.82, 2.24) is 0 Å². The van der Waals surface area contributed by atoms with Crippen LogP contribution in [0.25, 0.3) is 0 Å². The van der Waals surface area contributed by atoms with Crippen LogP contribution < -0.4 is 0 Å². The Kier molecular flexibility index (Phi) is 5.64. The zero-order chi connectivity index (χ0) is 18.1. The van der Waals surface area contributed by atoms with E-state index in [2.05, 4.69) is 26.8 Å². The number of esters is 1. The van der Waals surface area contributed by atoms with Gasteiger partial charge in [-0.25, -0.2) is 4.79 Å². The number of ether oxygens (including phenoxy) is 1. The zero-order valence-corrected chi connectivity index (χ0v) is 16.2. The predicted octanol–water partition coefficient (Wildman–Crippen LogP) is 4.80. The van der Waals surface area contributed by atoms with E-state index in [-0.39, 0.29) is 23.4 Å². The fraction of sp³-hybridized carbons (Fsp3) is 0.762.